The van der Waals surface area contributed by atoms with Crippen LogP contribution in [0.4, 0.5) is 0 Å². The minimum absolute atomic E-state index is 0.00113. The summed E-state index contributed by atoms with van der Waals surface area (Å²) in [5.74, 6) is 0.614. The lowest BCUT2D eigenvalue weighted by Crippen LogP contribution is -2.43. The lowest BCUT2D eigenvalue weighted by Gasteiger charge is -2.35. The van der Waals surface area contributed by atoms with E-state index in [4.69, 9.17) is 14.0 Å². The minimum Gasteiger partial charge on any atom is -0.497 e. The van der Waals surface area contributed by atoms with Crippen LogP contribution in [-0.4, -0.2) is 60.9 Å². The second-order valence-corrected chi connectivity index (χ2v) is 9.02. The van der Waals surface area contributed by atoms with Gasteiger partial charge in [-0.15, -0.1) is 0 Å². The number of nitrogens with one attached hydrogen (secondary N) is 1. The lowest BCUT2D eigenvalue weighted by atomic mass is 10.0. The van der Waals surface area contributed by atoms with Crippen LogP contribution in [0.2, 0.25) is 0 Å². The molecule has 8 nitrogen and oxygen atoms in total. The summed E-state index contributed by atoms with van der Waals surface area (Å²) in [6.45, 7) is 7.25. The van der Waals surface area contributed by atoms with Gasteiger partial charge in [0.05, 0.1) is 48.7 Å². The number of hydrogen-bond donors (Lipinski definition) is 1. The molecule has 1 aliphatic rings. The summed E-state index contributed by atoms with van der Waals surface area (Å²) >= 11 is 0. The Labute approximate surface area is 210 Å². The maximum atomic E-state index is 13.6. The molecule has 8 heteroatoms. The molecule has 0 aliphatic carbocycles. The van der Waals surface area contributed by atoms with Gasteiger partial charge in [0.2, 0.25) is 0 Å². The molecule has 186 valence electrons. The smallest absolute Gasteiger partial charge is 0.259 e. The topological polar surface area (TPSA) is 89.7 Å². The fourth-order valence-electron chi connectivity index (χ4n) is 4.60. The number of aryl methyl sites for hydroxylation is 2. The van der Waals surface area contributed by atoms with E-state index in [1.807, 2.05) is 56.3 Å². The Morgan fingerprint density at radius 3 is 2.50 bits per heavy atom. The fourth-order valence-corrected chi connectivity index (χ4v) is 4.60. The highest BCUT2D eigenvalue weighted by Gasteiger charge is 2.25. The first kappa shape index (κ1) is 24.0. The first-order valence-corrected chi connectivity index (χ1v) is 12.1. The van der Waals surface area contributed by atoms with E-state index < -0.39 is 0 Å². The fraction of sp³-hybridized carbons (Fsp3) is 0.321. The largest absolute Gasteiger partial charge is 0.497 e. The summed E-state index contributed by atoms with van der Waals surface area (Å²) in [6, 6.07) is 17.9. The van der Waals surface area contributed by atoms with Gasteiger partial charge >= 0.3 is 0 Å². The number of hydrogen-bond acceptors (Lipinski definition) is 7. The third kappa shape index (κ3) is 4.96. The molecule has 5 rings (SSSR count). The van der Waals surface area contributed by atoms with Crippen LogP contribution in [0, 0.1) is 13.8 Å². The number of aromatic nitrogens is 2. The van der Waals surface area contributed by atoms with Crippen molar-refractivity contribution >= 4 is 17.0 Å². The molecular weight excluding hydrogens is 456 g/mol. The number of methoxy groups -OCH3 is 1. The van der Waals surface area contributed by atoms with E-state index in [-0.39, 0.29) is 11.9 Å². The van der Waals surface area contributed by atoms with E-state index in [2.05, 4.69) is 32.5 Å². The van der Waals surface area contributed by atoms with E-state index >= 15 is 0 Å². The van der Waals surface area contributed by atoms with Gasteiger partial charge in [0.25, 0.3) is 11.6 Å². The molecule has 4 aromatic rings. The van der Waals surface area contributed by atoms with Gasteiger partial charge in [-0.2, -0.15) is 0 Å². The molecule has 1 unspecified atom stereocenters. The van der Waals surface area contributed by atoms with Crippen LogP contribution in [0.1, 0.15) is 33.2 Å². The second-order valence-electron chi connectivity index (χ2n) is 9.02. The van der Waals surface area contributed by atoms with Gasteiger partial charge in [0.15, 0.2) is 0 Å². The molecule has 1 saturated heterocycles. The van der Waals surface area contributed by atoms with Crippen LogP contribution in [0.25, 0.3) is 22.4 Å². The first-order valence-electron chi connectivity index (χ1n) is 12.1. The van der Waals surface area contributed by atoms with Crippen LogP contribution in [0.15, 0.2) is 59.1 Å². The number of rotatable bonds is 7. The van der Waals surface area contributed by atoms with Crippen molar-refractivity contribution in [2.45, 2.75) is 19.9 Å². The Morgan fingerprint density at radius 1 is 1.08 bits per heavy atom. The van der Waals surface area contributed by atoms with Crippen molar-refractivity contribution in [3.8, 4) is 17.0 Å². The quantitative estimate of drug-likeness (QED) is 0.416. The number of ether oxygens (including phenoxy) is 2. The van der Waals surface area contributed by atoms with E-state index in [1.54, 1.807) is 7.11 Å². The summed E-state index contributed by atoms with van der Waals surface area (Å²) in [5.41, 5.74) is 5.34. The summed E-state index contributed by atoms with van der Waals surface area (Å²) in [6.07, 6.45) is 0. The van der Waals surface area contributed by atoms with Crippen LogP contribution in [-0.2, 0) is 4.74 Å². The Balaban J connectivity index is 1.44. The molecule has 36 heavy (non-hydrogen) atoms. The predicted octanol–water partition coefficient (Wildman–Crippen LogP) is 4.32. The van der Waals surface area contributed by atoms with Gasteiger partial charge in [0.1, 0.15) is 5.75 Å². The van der Waals surface area contributed by atoms with Gasteiger partial charge in [0, 0.05) is 25.2 Å². The van der Waals surface area contributed by atoms with E-state index in [0.717, 1.165) is 35.5 Å². The zero-order valence-corrected chi connectivity index (χ0v) is 20.8. The van der Waals surface area contributed by atoms with Gasteiger partial charge in [-0.25, -0.2) is 4.98 Å². The van der Waals surface area contributed by atoms with Gasteiger partial charge in [-0.05, 0) is 37.6 Å². The predicted molar refractivity (Wildman–Crippen MR) is 137 cm³/mol. The molecule has 1 aliphatic heterocycles. The second kappa shape index (κ2) is 10.5. The number of fused-ring (bicyclic) bond motifs is 1. The number of benzene rings is 2. The number of carbonyl (C=O) groups is 1. The van der Waals surface area contributed by atoms with Crippen molar-refractivity contribution in [3.05, 3.63) is 77.0 Å². The number of pyridine rings is 1. The van der Waals surface area contributed by atoms with Crippen molar-refractivity contribution in [1.82, 2.24) is 20.4 Å². The first-order chi connectivity index (χ1) is 17.5. The minimum atomic E-state index is -0.186. The maximum absolute atomic E-state index is 13.6. The molecule has 1 amide bonds. The van der Waals surface area contributed by atoms with E-state index in [1.165, 1.54) is 0 Å². The van der Waals surface area contributed by atoms with Crippen molar-refractivity contribution in [2.75, 3.05) is 40.0 Å². The van der Waals surface area contributed by atoms with E-state index in [9.17, 15) is 4.79 Å². The lowest BCUT2D eigenvalue weighted by molar-refractivity contribution is 0.0162. The van der Waals surface area contributed by atoms with Crippen LogP contribution in [0.5, 0.6) is 5.75 Å². The summed E-state index contributed by atoms with van der Waals surface area (Å²) in [4.78, 5) is 20.6. The third-order valence-electron chi connectivity index (χ3n) is 6.65. The standard InChI is InChI=1S/C28H30N4O4/c1-18-4-6-20(7-5-18)24-16-23(26-19(2)31-36-28(26)30-24)27(33)29-17-25(32-12-14-35-15-13-32)21-8-10-22(34-3)11-9-21/h4-11,16,25H,12-15,17H2,1-3H3,(H,29,33). The summed E-state index contributed by atoms with van der Waals surface area (Å²) in [7, 11) is 1.65. The van der Waals surface area contributed by atoms with Gasteiger partial charge < -0.3 is 19.3 Å². The number of nitrogens with zero attached hydrogens (tertiary/aromatic N) is 3. The molecule has 3 heterocycles. The zero-order chi connectivity index (χ0) is 25.1. The van der Waals surface area contributed by atoms with Crippen molar-refractivity contribution in [3.63, 3.8) is 0 Å². The Hall–Kier alpha value is -3.75. The maximum Gasteiger partial charge on any atom is 0.259 e. The average molecular weight is 487 g/mol. The Bertz CT molecular complexity index is 1340. The molecule has 1 N–H and O–H groups in total. The molecule has 0 bridgehead atoms. The highest BCUT2D eigenvalue weighted by Crippen LogP contribution is 2.28. The molecule has 0 spiro atoms. The van der Waals surface area contributed by atoms with Crippen molar-refractivity contribution < 1.29 is 18.8 Å². The summed E-state index contributed by atoms with van der Waals surface area (Å²) in [5, 5.41) is 7.87. The molecule has 0 saturated carbocycles. The number of carbonyl (C=O) groups excluding carboxylic acids is 1. The van der Waals surface area contributed by atoms with E-state index in [0.29, 0.717) is 47.8 Å². The van der Waals surface area contributed by atoms with Crippen LogP contribution in [0.3, 0.4) is 0 Å². The molecule has 1 atom stereocenters. The van der Waals surface area contributed by atoms with Crippen LogP contribution < -0.4 is 10.1 Å². The molecular formula is C28H30N4O4. The van der Waals surface area contributed by atoms with Crippen LogP contribution >= 0.6 is 0 Å². The Morgan fingerprint density at radius 2 is 1.81 bits per heavy atom. The number of amides is 1. The monoisotopic (exact) mass is 486 g/mol. The SMILES string of the molecule is COc1ccc(C(CNC(=O)c2cc(-c3ccc(C)cc3)nc3onc(C)c23)N2CCOCC2)cc1. The van der Waals surface area contributed by atoms with Gasteiger partial charge in [-0.1, -0.05) is 47.1 Å². The normalized spacial score (nSPS) is 15.1. The molecule has 2 aromatic carbocycles. The molecule has 1 fully saturated rings. The summed E-state index contributed by atoms with van der Waals surface area (Å²) < 4.78 is 16.3. The van der Waals surface area contributed by atoms with Gasteiger partial charge in [-0.3, -0.25) is 9.69 Å². The Kier molecular flexibility index (Phi) is 6.97. The highest BCUT2D eigenvalue weighted by atomic mass is 16.5. The highest BCUT2D eigenvalue weighted by molar-refractivity contribution is 6.07. The molecule has 2 aromatic heterocycles. The average Bonchev–Trinajstić information content (AvgIpc) is 3.30. The zero-order valence-electron chi connectivity index (χ0n) is 20.8. The molecule has 0 radical (unpaired) electrons. The van der Waals surface area contributed by atoms with Crippen molar-refractivity contribution in [2.24, 2.45) is 0 Å². The third-order valence-corrected chi connectivity index (χ3v) is 6.65. The number of morpholine rings is 1. The van der Waals surface area contributed by atoms with Crippen molar-refractivity contribution in [1.29, 1.82) is 0 Å².